The average Bonchev–Trinajstić information content (AvgIpc) is 3.27. The monoisotopic (exact) mass is 383 g/mol. The van der Waals surface area contributed by atoms with Gasteiger partial charge >= 0.3 is 0 Å². The minimum atomic E-state index is -0.0634. The molecule has 1 aromatic heterocycles. The van der Waals surface area contributed by atoms with Crippen molar-refractivity contribution in [2.75, 3.05) is 6.54 Å². The quantitative estimate of drug-likeness (QED) is 0.467. The topological polar surface area (TPSA) is 59.2 Å². The van der Waals surface area contributed by atoms with Gasteiger partial charge in [0, 0.05) is 17.7 Å². The highest BCUT2D eigenvalue weighted by atomic mass is 16.5. The number of amides is 1. The second-order valence-electron chi connectivity index (χ2n) is 6.64. The highest BCUT2D eigenvalue weighted by molar-refractivity contribution is 5.94. The van der Waals surface area contributed by atoms with Gasteiger partial charge < -0.3 is 9.42 Å². The molecule has 0 saturated carbocycles. The third-order valence-corrected chi connectivity index (χ3v) is 4.73. The summed E-state index contributed by atoms with van der Waals surface area (Å²) in [4.78, 5) is 19.1. The zero-order valence-electron chi connectivity index (χ0n) is 16.2. The molecular weight excluding hydrogens is 362 g/mol. The number of rotatable bonds is 6. The number of hydrogen-bond donors (Lipinski definition) is 0. The lowest BCUT2D eigenvalue weighted by Gasteiger charge is -2.19. The van der Waals surface area contributed by atoms with Crippen LogP contribution in [0.15, 0.2) is 89.5 Å². The molecule has 4 aromatic rings. The lowest BCUT2D eigenvalue weighted by molar-refractivity contribution is 0.0734. The molecule has 144 valence electrons. The van der Waals surface area contributed by atoms with Crippen LogP contribution >= 0.6 is 0 Å². The van der Waals surface area contributed by atoms with Crippen LogP contribution in [-0.2, 0) is 6.54 Å². The highest BCUT2D eigenvalue weighted by Gasteiger charge is 2.18. The summed E-state index contributed by atoms with van der Waals surface area (Å²) in [7, 11) is 0. The van der Waals surface area contributed by atoms with Crippen LogP contribution < -0.4 is 0 Å². The van der Waals surface area contributed by atoms with E-state index in [0.29, 0.717) is 23.8 Å². The van der Waals surface area contributed by atoms with Crippen LogP contribution in [0.25, 0.3) is 22.5 Å². The van der Waals surface area contributed by atoms with Gasteiger partial charge in [0.2, 0.25) is 11.7 Å². The molecule has 0 aliphatic heterocycles. The SMILES string of the molecule is CCN(Cc1nc(-c2ccccc2)no1)C(=O)c1ccc(-c2ccccc2)cc1. The first kappa shape index (κ1) is 18.6. The van der Waals surface area contributed by atoms with Gasteiger partial charge in [0.05, 0.1) is 0 Å². The van der Waals surface area contributed by atoms with E-state index in [4.69, 9.17) is 4.52 Å². The Kier molecular flexibility index (Phi) is 5.47. The van der Waals surface area contributed by atoms with Crippen LogP contribution in [-0.4, -0.2) is 27.5 Å². The second-order valence-corrected chi connectivity index (χ2v) is 6.64. The molecule has 0 aliphatic carbocycles. The molecule has 0 N–H and O–H groups in total. The van der Waals surface area contributed by atoms with Crippen molar-refractivity contribution in [3.8, 4) is 22.5 Å². The molecule has 0 bridgehead atoms. The van der Waals surface area contributed by atoms with Crippen LogP contribution in [0.1, 0.15) is 23.2 Å². The Labute approximate surface area is 169 Å². The first-order chi connectivity index (χ1) is 14.2. The molecule has 0 atom stereocenters. The van der Waals surface area contributed by atoms with E-state index in [1.54, 1.807) is 4.90 Å². The normalized spacial score (nSPS) is 10.7. The number of carbonyl (C=O) groups excluding carboxylic acids is 1. The molecule has 0 aliphatic rings. The maximum absolute atomic E-state index is 12.9. The van der Waals surface area contributed by atoms with Crippen molar-refractivity contribution in [3.05, 3.63) is 96.4 Å². The van der Waals surface area contributed by atoms with Gasteiger partial charge in [-0.25, -0.2) is 0 Å². The molecule has 29 heavy (non-hydrogen) atoms. The van der Waals surface area contributed by atoms with E-state index >= 15 is 0 Å². The predicted molar refractivity (Wildman–Crippen MR) is 112 cm³/mol. The van der Waals surface area contributed by atoms with Crippen molar-refractivity contribution < 1.29 is 9.32 Å². The van der Waals surface area contributed by atoms with Crippen molar-refractivity contribution in [3.63, 3.8) is 0 Å². The second kappa shape index (κ2) is 8.52. The molecule has 0 saturated heterocycles. The first-order valence-corrected chi connectivity index (χ1v) is 9.57. The molecule has 5 nitrogen and oxygen atoms in total. The zero-order chi connectivity index (χ0) is 20.1. The van der Waals surface area contributed by atoms with Crippen LogP contribution in [0.2, 0.25) is 0 Å². The minimum Gasteiger partial charge on any atom is -0.337 e. The summed E-state index contributed by atoms with van der Waals surface area (Å²) in [6, 6.07) is 27.4. The number of hydrogen-bond acceptors (Lipinski definition) is 4. The average molecular weight is 383 g/mol. The number of nitrogens with zero attached hydrogens (tertiary/aromatic N) is 3. The lowest BCUT2D eigenvalue weighted by Crippen LogP contribution is -2.30. The Hall–Kier alpha value is -3.73. The van der Waals surface area contributed by atoms with E-state index in [0.717, 1.165) is 16.7 Å². The molecule has 3 aromatic carbocycles. The minimum absolute atomic E-state index is 0.0634. The fourth-order valence-electron chi connectivity index (χ4n) is 3.13. The summed E-state index contributed by atoms with van der Waals surface area (Å²) in [6.45, 7) is 2.75. The third-order valence-electron chi connectivity index (χ3n) is 4.73. The fourth-order valence-corrected chi connectivity index (χ4v) is 3.13. The molecule has 0 spiro atoms. The van der Waals surface area contributed by atoms with E-state index in [2.05, 4.69) is 22.3 Å². The van der Waals surface area contributed by atoms with Crippen LogP contribution in [0.3, 0.4) is 0 Å². The number of benzene rings is 3. The number of carbonyl (C=O) groups is 1. The number of aromatic nitrogens is 2. The Morgan fingerprint density at radius 3 is 2.03 bits per heavy atom. The van der Waals surface area contributed by atoms with E-state index < -0.39 is 0 Å². The van der Waals surface area contributed by atoms with Crippen molar-refractivity contribution in [2.24, 2.45) is 0 Å². The lowest BCUT2D eigenvalue weighted by atomic mass is 10.0. The molecular formula is C24H21N3O2. The van der Waals surface area contributed by atoms with Gasteiger partial charge in [-0.15, -0.1) is 0 Å². The smallest absolute Gasteiger partial charge is 0.254 e. The first-order valence-electron chi connectivity index (χ1n) is 9.57. The van der Waals surface area contributed by atoms with Crippen molar-refractivity contribution in [1.29, 1.82) is 0 Å². The van der Waals surface area contributed by atoms with Crippen LogP contribution in [0, 0.1) is 0 Å². The third kappa shape index (κ3) is 4.24. The van der Waals surface area contributed by atoms with Crippen molar-refractivity contribution in [1.82, 2.24) is 15.0 Å². The Morgan fingerprint density at radius 2 is 1.41 bits per heavy atom. The van der Waals surface area contributed by atoms with E-state index in [1.165, 1.54) is 0 Å². The summed E-state index contributed by atoms with van der Waals surface area (Å²) in [5.41, 5.74) is 3.72. The van der Waals surface area contributed by atoms with Crippen LogP contribution in [0.5, 0.6) is 0 Å². The molecule has 4 rings (SSSR count). The molecule has 0 radical (unpaired) electrons. The maximum Gasteiger partial charge on any atom is 0.254 e. The molecule has 0 fully saturated rings. The van der Waals surface area contributed by atoms with Gasteiger partial charge in [-0.2, -0.15) is 4.98 Å². The van der Waals surface area contributed by atoms with Crippen molar-refractivity contribution in [2.45, 2.75) is 13.5 Å². The summed E-state index contributed by atoms with van der Waals surface area (Å²) in [5, 5.41) is 4.03. The largest absolute Gasteiger partial charge is 0.337 e. The van der Waals surface area contributed by atoms with Gasteiger partial charge in [-0.3, -0.25) is 4.79 Å². The Balaban J connectivity index is 1.48. The van der Waals surface area contributed by atoms with Crippen molar-refractivity contribution >= 4 is 5.91 Å². The summed E-state index contributed by atoms with van der Waals surface area (Å²) < 4.78 is 5.36. The Morgan fingerprint density at radius 1 is 0.828 bits per heavy atom. The zero-order valence-corrected chi connectivity index (χ0v) is 16.2. The van der Waals surface area contributed by atoms with Gasteiger partial charge in [-0.1, -0.05) is 78.0 Å². The van der Waals surface area contributed by atoms with E-state index in [1.807, 2.05) is 79.7 Å². The van der Waals surface area contributed by atoms with Crippen LogP contribution in [0.4, 0.5) is 0 Å². The van der Waals surface area contributed by atoms with Gasteiger partial charge in [0.1, 0.15) is 6.54 Å². The highest BCUT2D eigenvalue weighted by Crippen LogP contribution is 2.21. The molecule has 1 heterocycles. The predicted octanol–water partition coefficient (Wildman–Crippen LogP) is 5.07. The fraction of sp³-hybridized carbons (Fsp3) is 0.125. The summed E-state index contributed by atoms with van der Waals surface area (Å²) >= 11 is 0. The maximum atomic E-state index is 12.9. The summed E-state index contributed by atoms with van der Waals surface area (Å²) in [5.74, 6) is 0.878. The van der Waals surface area contributed by atoms with E-state index in [-0.39, 0.29) is 12.5 Å². The standard InChI is InChI=1S/C24H21N3O2/c1-2-27(17-22-25-23(26-29-22)20-11-7-4-8-12-20)24(28)21-15-13-19(14-16-21)18-9-5-3-6-10-18/h3-16H,2,17H2,1H3. The Bertz CT molecular complexity index is 1070. The molecule has 0 unspecified atom stereocenters. The molecule has 1 amide bonds. The molecule has 5 heteroatoms. The van der Waals surface area contributed by atoms with E-state index in [9.17, 15) is 4.79 Å². The van der Waals surface area contributed by atoms with Gasteiger partial charge in [0.25, 0.3) is 5.91 Å². The van der Waals surface area contributed by atoms with Gasteiger partial charge in [-0.05, 0) is 30.2 Å². The summed E-state index contributed by atoms with van der Waals surface area (Å²) in [6.07, 6.45) is 0. The van der Waals surface area contributed by atoms with Gasteiger partial charge in [0.15, 0.2) is 0 Å².